The van der Waals surface area contributed by atoms with Crippen LogP contribution in [0.5, 0.6) is 0 Å². The molecule has 0 aliphatic heterocycles. The molecule has 0 aromatic heterocycles. The number of esters is 1. The highest BCUT2D eigenvalue weighted by molar-refractivity contribution is 5.82. The number of hydrogen-bond donors (Lipinski definition) is 1. The predicted octanol–water partition coefficient (Wildman–Crippen LogP) is 0.924. The van der Waals surface area contributed by atoms with Gasteiger partial charge in [-0.25, -0.2) is 8.78 Å². The molecule has 5 heteroatoms. The fourth-order valence-corrected chi connectivity index (χ4v) is 1.53. The molecule has 0 radical (unpaired) electrons. The van der Waals surface area contributed by atoms with Crippen molar-refractivity contribution in [1.82, 2.24) is 0 Å². The Balaban J connectivity index is 2.64. The Kier molecular flexibility index (Phi) is 2.56. The number of halogens is 2. The van der Waals surface area contributed by atoms with Gasteiger partial charge in [0.05, 0.1) is 7.11 Å². The summed E-state index contributed by atoms with van der Waals surface area (Å²) in [5, 5.41) is 0. The summed E-state index contributed by atoms with van der Waals surface area (Å²) in [5.41, 5.74) is 3.63. The second-order valence-electron chi connectivity index (χ2n) is 3.35. The van der Waals surface area contributed by atoms with Gasteiger partial charge in [-0.2, -0.15) is 0 Å². The normalized spacial score (nSPS) is 29.8. The Labute approximate surface area is 75.2 Å². The van der Waals surface area contributed by atoms with Crippen LogP contribution in [-0.4, -0.2) is 25.5 Å². The molecular formula is C8H13F2NO2. The van der Waals surface area contributed by atoms with Crippen molar-refractivity contribution in [3.05, 3.63) is 0 Å². The maximum absolute atomic E-state index is 12.9. The van der Waals surface area contributed by atoms with Gasteiger partial charge >= 0.3 is 5.97 Å². The number of ether oxygens (including phenoxy) is 1. The number of carbonyl (C=O) groups excluding carboxylic acids is 1. The molecule has 3 nitrogen and oxygen atoms in total. The van der Waals surface area contributed by atoms with Crippen LogP contribution in [-0.2, 0) is 9.53 Å². The van der Waals surface area contributed by atoms with E-state index in [4.69, 9.17) is 5.73 Å². The molecule has 76 valence electrons. The lowest BCUT2D eigenvalue weighted by molar-refractivity contribution is -0.151. The van der Waals surface area contributed by atoms with Gasteiger partial charge in [-0.15, -0.1) is 0 Å². The van der Waals surface area contributed by atoms with Crippen molar-refractivity contribution in [2.24, 2.45) is 11.1 Å². The molecule has 1 aliphatic rings. The molecule has 0 aromatic rings. The first kappa shape index (κ1) is 10.4. The minimum Gasteiger partial charge on any atom is -0.468 e. The molecule has 0 bridgehead atoms. The van der Waals surface area contributed by atoms with E-state index in [1.165, 1.54) is 0 Å². The Morgan fingerprint density at radius 3 is 2.46 bits per heavy atom. The summed E-state index contributed by atoms with van der Waals surface area (Å²) in [6.07, 6.45) is 0.139. The highest BCUT2D eigenvalue weighted by Crippen LogP contribution is 2.63. The van der Waals surface area contributed by atoms with Crippen LogP contribution in [0.25, 0.3) is 0 Å². The van der Waals surface area contributed by atoms with Gasteiger partial charge in [0.2, 0.25) is 0 Å². The second kappa shape index (κ2) is 3.21. The molecule has 1 aliphatic carbocycles. The van der Waals surface area contributed by atoms with Gasteiger partial charge in [-0.3, -0.25) is 4.79 Å². The second-order valence-corrected chi connectivity index (χ2v) is 3.35. The molecule has 13 heavy (non-hydrogen) atoms. The van der Waals surface area contributed by atoms with Crippen LogP contribution < -0.4 is 5.73 Å². The lowest BCUT2D eigenvalue weighted by Crippen LogP contribution is -2.25. The summed E-state index contributed by atoms with van der Waals surface area (Å²) >= 11 is 0. The Morgan fingerprint density at radius 2 is 2.15 bits per heavy atom. The van der Waals surface area contributed by atoms with Gasteiger partial charge in [-0.1, -0.05) is 0 Å². The van der Waals surface area contributed by atoms with Gasteiger partial charge in [-0.05, 0) is 19.4 Å². The van der Waals surface area contributed by atoms with E-state index >= 15 is 0 Å². The van der Waals surface area contributed by atoms with Crippen molar-refractivity contribution in [2.75, 3.05) is 13.7 Å². The van der Waals surface area contributed by atoms with Crippen LogP contribution in [0.3, 0.4) is 0 Å². The molecule has 0 saturated heterocycles. The summed E-state index contributed by atoms with van der Waals surface area (Å²) in [7, 11) is 1.13. The molecule has 0 heterocycles. The van der Waals surface area contributed by atoms with Crippen molar-refractivity contribution >= 4 is 5.97 Å². The number of hydrogen-bond acceptors (Lipinski definition) is 3. The van der Waals surface area contributed by atoms with Gasteiger partial charge in [0, 0.05) is 6.42 Å². The molecule has 0 amide bonds. The van der Waals surface area contributed by atoms with E-state index in [0.717, 1.165) is 7.11 Å². The number of methoxy groups -OCH3 is 1. The first-order valence-corrected chi connectivity index (χ1v) is 4.16. The van der Waals surface area contributed by atoms with Crippen LogP contribution in [0.4, 0.5) is 8.78 Å². The number of nitrogens with two attached hydrogens (primary N) is 1. The third-order valence-electron chi connectivity index (χ3n) is 2.48. The maximum atomic E-state index is 12.9. The SMILES string of the molecule is COC(=O)C1(CCCN)CC1(F)F. The largest absolute Gasteiger partial charge is 0.468 e. The third-order valence-corrected chi connectivity index (χ3v) is 2.48. The van der Waals surface area contributed by atoms with Gasteiger partial charge < -0.3 is 10.5 Å². The summed E-state index contributed by atoms with van der Waals surface area (Å²) in [6, 6.07) is 0. The fourth-order valence-electron chi connectivity index (χ4n) is 1.53. The molecule has 2 N–H and O–H groups in total. The predicted molar refractivity (Wildman–Crippen MR) is 42.3 cm³/mol. The molecule has 1 atom stereocenters. The van der Waals surface area contributed by atoms with Crippen LogP contribution in [0, 0.1) is 5.41 Å². The fraction of sp³-hybridized carbons (Fsp3) is 0.875. The number of rotatable bonds is 4. The Bertz CT molecular complexity index is 220. The zero-order valence-electron chi connectivity index (χ0n) is 7.48. The molecule has 0 aromatic carbocycles. The Morgan fingerprint density at radius 1 is 1.62 bits per heavy atom. The maximum Gasteiger partial charge on any atom is 0.318 e. The van der Waals surface area contributed by atoms with Gasteiger partial charge in [0.1, 0.15) is 5.41 Å². The van der Waals surface area contributed by atoms with E-state index < -0.39 is 23.7 Å². The number of carbonyl (C=O) groups is 1. The summed E-state index contributed by atoms with van der Waals surface area (Å²) in [4.78, 5) is 11.1. The minimum atomic E-state index is -2.89. The summed E-state index contributed by atoms with van der Waals surface area (Å²) < 4.78 is 30.1. The van der Waals surface area contributed by atoms with Crippen LogP contribution >= 0.6 is 0 Å². The topological polar surface area (TPSA) is 52.3 Å². The first-order chi connectivity index (χ1) is 6.00. The molecule has 1 saturated carbocycles. The van der Waals surface area contributed by atoms with Gasteiger partial charge in [0.25, 0.3) is 5.92 Å². The van der Waals surface area contributed by atoms with Crippen LogP contribution in [0.2, 0.25) is 0 Å². The average molecular weight is 193 g/mol. The van der Waals surface area contributed by atoms with E-state index in [9.17, 15) is 13.6 Å². The highest BCUT2D eigenvalue weighted by Gasteiger charge is 2.75. The standard InChI is InChI=1S/C8H13F2NO2/c1-13-6(12)7(3-2-4-11)5-8(7,9)10/h2-5,11H2,1H3. The molecule has 1 rings (SSSR count). The quantitative estimate of drug-likeness (QED) is 0.675. The highest BCUT2D eigenvalue weighted by atomic mass is 19.3. The lowest BCUT2D eigenvalue weighted by atomic mass is 10.00. The van der Waals surface area contributed by atoms with E-state index in [2.05, 4.69) is 4.74 Å². The Hall–Kier alpha value is -0.710. The number of alkyl halides is 2. The van der Waals surface area contributed by atoms with Crippen molar-refractivity contribution in [3.63, 3.8) is 0 Å². The summed E-state index contributed by atoms with van der Waals surface area (Å²) in [5.74, 6) is -3.71. The van der Waals surface area contributed by atoms with E-state index in [1.54, 1.807) is 0 Å². The van der Waals surface area contributed by atoms with Crippen LogP contribution in [0.15, 0.2) is 0 Å². The van der Waals surface area contributed by atoms with Crippen LogP contribution in [0.1, 0.15) is 19.3 Å². The zero-order valence-corrected chi connectivity index (χ0v) is 7.48. The first-order valence-electron chi connectivity index (χ1n) is 4.16. The molecular weight excluding hydrogens is 180 g/mol. The van der Waals surface area contributed by atoms with Crippen molar-refractivity contribution in [3.8, 4) is 0 Å². The van der Waals surface area contributed by atoms with E-state index in [-0.39, 0.29) is 6.42 Å². The zero-order chi connectivity index (χ0) is 10.1. The van der Waals surface area contributed by atoms with E-state index in [1.807, 2.05) is 0 Å². The third kappa shape index (κ3) is 1.52. The lowest BCUT2D eigenvalue weighted by Gasteiger charge is -2.12. The average Bonchev–Trinajstić information content (AvgIpc) is 2.65. The van der Waals surface area contributed by atoms with Crippen molar-refractivity contribution in [2.45, 2.75) is 25.2 Å². The van der Waals surface area contributed by atoms with Gasteiger partial charge in [0.15, 0.2) is 0 Å². The molecule has 1 fully saturated rings. The molecule has 0 spiro atoms. The smallest absolute Gasteiger partial charge is 0.318 e. The minimum absolute atomic E-state index is 0.114. The monoisotopic (exact) mass is 193 g/mol. The van der Waals surface area contributed by atoms with E-state index in [0.29, 0.717) is 13.0 Å². The summed E-state index contributed by atoms with van der Waals surface area (Å²) in [6.45, 7) is 0.314. The van der Waals surface area contributed by atoms with Crippen molar-refractivity contribution < 1.29 is 18.3 Å². The van der Waals surface area contributed by atoms with Crippen molar-refractivity contribution in [1.29, 1.82) is 0 Å². The molecule has 1 unspecified atom stereocenters.